The monoisotopic (exact) mass is 322 g/mol. The molecule has 0 radical (unpaired) electrons. The number of ether oxygens (including phenoxy) is 1. The van der Waals surface area contributed by atoms with Crippen LogP contribution in [0.25, 0.3) is 0 Å². The van der Waals surface area contributed by atoms with E-state index in [-0.39, 0.29) is 6.09 Å². The molecule has 6 nitrogen and oxygen atoms in total. The molecule has 23 heavy (non-hydrogen) atoms. The van der Waals surface area contributed by atoms with Crippen molar-refractivity contribution in [1.29, 1.82) is 0 Å². The highest BCUT2D eigenvalue weighted by atomic mass is 16.6. The van der Waals surface area contributed by atoms with Gasteiger partial charge in [-0.25, -0.2) is 4.79 Å². The van der Waals surface area contributed by atoms with Crippen molar-refractivity contribution in [2.24, 2.45) is 0 Å². The van der Waals surface area contributed by atoms with Crippen molar-refractivity contribution in [1.82, 2.24) is 20.1 Å². The molecule has 1 aromatic rings. The van der Waals surface area contributed by atoms with Crippen LogP contribution in [0.2, 0.25) is 0 Å². The third-order valence-electron chi connectivity index (χ3n) is 3.83. The Hall–Kier alpha value is -1.53. The number of aromatic nitrogens is 1. The number of nitrogens with zero attached hydrogens (tertiary/aromatic N) is 2. The Morgan fingerprint density at radius 2 is 2.04 bits per heavy atom. The molecule has 0 atom stereocenters. The molecule has 2 N–H and O–H groups in total. The standard InChI is InChI=1S/C17H30N4O2/c1-17(2,3)23-16(22)21-12-10-20(11-13-21)9-5-7-18-14-15-6-4-8-19-15/h4,6,8,18-19H,5,7,9-14H2,1-3H3. The first-order chi connectivity index (χ1) is 10.9. The Morgan fingerprint density at radius 3 is 2.65 bits per heavy atom. The van der Waals surface area contributed by atoms with E-state index in [2.05, 4.69) is 21.3 Å². The van der Waals surface area contributed by atoms with Gasteiger partial charge in [-0.15, -0.1) is 0 Å². The summed E-state index contributed by atoms with van der Waals surface area (Å²) in [7, 11) is 0. The van der Waals surface area contributed by atoms with Gasteiger partial charge in [-0.3, -0.25) is 4.90 Å². The predicted octanol–water partition coefficient (Wildman–Crippen LogP) is 2.05. The molecule has 1 amide bonds. The van der Waals surface area contributed by atoms with E-state index >= 15 is 0 Å². The topological polar surface area (TPSA) is 60.6 Å². The smallest absolute Gasteiger partial charge is 0.410 e. The average molecular weight is 322 g/mol. The maximum atomic E-state index is 12.0. The summed E-state index contributed by atoms with van der Waals surface area (Å²) in [6, 6.07) is 4.10. The fourth-order valence-corrected chi connectivity index (χ4v) is 2.61. The zero-order chi connectivity index (χ0) is 16.7. The van der Waals surface area contributed by atoms with Gasteiger partial charge in [0.15, 0.2) is 0 Å². The molecule has 1 aromatic heterocycles. The quantitative estimate of drug-likeness (QED) is 0.787. The van der Waals surface area contributed by atoms with Gasteiger partial charge in [0, 0.05) is 44.6 Å². The number of H-pyrrole nitrogens is 1. The van der Waals surface area contributed by atoms with E-state index in [0.717, 1.165) is 52.2 Å². The molecule has 2 rings (SSSR count). The number of carbonyl (C=O) groups excluding carboxylic acids is 1. The Balaban J connectivity index is 1.55. The number of hydrogen-bond donors (Lipinski definition) is 2. The van der Waals surface area contributed by atoms with Crippen molar-refractivity contribution in [3.05, 3.63) is 24.0 Å². The Kier molecular flexibility index (Phi) is 6.47. The van der Waals surface area contributed by atoms with Crippen LogP contribution in [0.4, 0.5) is 4.79 Å². The highest BCUT2D eigenvalue weighted by molar-refractivity contribution is 5.68. The molecule has 2 heterocycles. The zero-order valence-electron chi connectivity index (χ0n) is 14.6. The summed E-state index contributed by atoms with van der Waals surface area (Å²) in [5.41, 5.74) is 0.801. The van der Waals surface area contributed by atoms with Crippen molar-refractivity contribution in [2.75, 3.05) is 39.3 Å². The van der Waals surface area contributed by atoms with E-state index in [4.69, 9.17) is 4.74 Å². The fourth-order valence-electron chi connectivity index (χ4n) is 2.61. The maximum Gasteiger partial charge on any atom is 0.410 e. The molecule has 0 bridgehead atoms. The summed E-state index contributed by atoms with van der Waals surface area (Å²) < 4.78 is 5.42. The molecule has 130 valence electrons. The number of amides is 1. The molecule has 0 spiro atoms. The second-order valence-corrected chi connectivity index (χ2v) is 7.03. The first-order valence-corrected chi connectivity index (χ1v) is 8.47. The lowest BCUT2D eigenvalue weighted by atomic mass is 10.2. The summed E-state index contributed by atoms with van der Waals surface area (Å²) in [4.78, 5) is 19.4. The van der Waals surface area contributed by atoms with Gasteiger partial charge in [-0.2, -0.15) is 0 Å². The highest BCUT2D eigenvalue weighted by Crippen LogP contribution is 2.11. The average Bonchev–Trinajstić information content (AvgIpc) is 2.99. The van der Waals surface area contributed by atoms with Crippen molar-refractivity contribution in [2.45, 2.75) is 39.3 Å². The van der Waals surface area contributed by atoms with Gasteiger partial charge in [-0.05, 0) is 52.4 Å². The number of aromatic amines is 1. The van der Waals surface area contributed by atoms with Gasteiger partial charge in [0.25, 0.3) is 0 Å². The second kappa shape index (κ2) is 8.36. The number of piperazine rings is 1. The number of hydrogen-bond acceptors (Lipinski definition) is 4. The van der Waals surface area contributed by atoms with E-state index in [1.54, 1.807) is 0 Å². The molecular formula is C17H30N4O2. The highest BCUT2D eigenvalue weighted by Gasteiger charge is 2.25. The Bertz CT molecular complexity index is 459. The summed E-state index contributed by atoms with van der Waals surface area (Å²) in [6.07, 6.45) is 2.87. The Morgan fingerprint density at radius 1 is 1.30 bits per heavy atom. The maximum absolute atomic E-state index is 12.0. The van der Waals surface area contributed by atoms with E-state index in [9.17, 15) is 4.79 Å². The van der Waals surface area contributed by atoms with Crippen molar-refractivity contribution >= 4 is 6.09 Å². The summed E-state index contributed by atoms with van der Waals surface area (Å²) in [5.74, 6) is 0. The van der Waals surface area contributed by atoms with Crippen LogP contribution in [-0.4, -0.2) is 65.7 Å². The van der Waals surface area contributed by atoms with Crippen LogP contribution >= 0.6 is 0 Å². The molecule has 0 saturated carbocycles. The normalized spacial score (nSPS) is 16.6. The van der Waals surface area contributed by atoms with E-state index in [1.165, 1.54) is 5.69 Å². The number of carbonyl (C=O) groups is 1. The van der Waals surface area contributed by atoms with Gasteiger partial charge in [0.1, 0.15) is 5.60 Å². The van der Waals surface area contributed by atoms with Crippen LogP contribution in [0, 0.1) is 0 Å². The van der Waals surface area contributed by atoms with Gasteiger partial charge in [0.2, 0.25) is 0 Å². The molecular weight excluding hydrogens is 292 g/mol. The van der Waals surface area contributed by atoms with E-state index in [1.807, 2.05) is 37.9 Å². The third-order valence-corrected chi connectivity index (χ3v) is 3.83. The van der Waals surface area contributed by atoms with E-state index < -0.39 is 5.60 Å². The summed E-state index contributed by atoms with van der Waals surface area (Å²) in [5, 5.41) is 3.44. The second-order valence-electron chi connectivity index (χ2n) is 7.03. The Labute approximate surface area is 139 Å². The van der Waals surface area contributed by atoms with Crippen LogP contribution in [0.1, 0.15) is 32.9 Å². The van der Waals surface area contributed by atoms with Gasteiger partial charge in [0.05, 0.1) is 0 Å². The van der Waals surface area contributed by atoms with Gasteiger partial charge in [-0.1, -0.05) is 0 Å². The number of rotatable bonds is 6. The minimum Gasteiger partial charge on any atom is -0.444 e. The minimum absolute atomic E-state index is 0.190. The zero-order valence-corrected chi connectivity index (χ0v) is 14.6. The fraction of sp³-hybridized carbons (Fsp3) is 0.706. The van der Waals surface area contributed by atoms with Gasteiger partial charge < -0.3 is 19.9 Å². The first-order valence-electron chi connectivity index (χ1n) is 8.47. The third kappa shape index (κ3) is 6.62. The van der Waals surface area contributed by atoms with Crippen LogP contribution in [0.5, 0.6) is 0 Å². The first kappa shape index (κ1) is 17.8. The van der Waals surface area contributed by atoms with Crippen molar-refractivity contribution < 1.29 is 9.53 Å². The largest absolute Gasteiger partial charge is 0.444 e. The summed E-state index contributed by atoms with van der Waals surface area (Å²) >= 11 is 0. The lowest BCUT2D eigenvalue weighted by molar-refractivity contribution is 0.0144. The molecule has 1 saturated heterocycles. The van der Waals surface area contributed by atoms with Crippen molar-refractivity contribution in [3.63, 3.8) is 0 Å². The molecule has 1 aliphatic heterocycles. The number of nitrogens with one attached hydrogen (secondary N) is 2. The molecule has 6 heteroatoms. The van der Waals surface area contributed by atoms with Crippen LogP contribution in [0.15, 0.2) is 18.3 Å². The summed E-state index contributed by atoms with van der Waals surface area (Å²) in [6.45, 7) is 12.0. The minimum atomic E-state index is -0.418. The lowest BCUT2D eigenvalue weighted by Crippen LogP contribution is -2.50. The van der Waals surface area contributed by atoms with Crippen LogP contribution in [0.3, 0.4) is 0 Å². The predicted molar refractivity (Wildman–Crippen MR) is 91.4 cm³/mol. The molecule has 0 unspecified atom stereocenters. The molecule has 0 aliphatic carbocycles. The van der Waals surface area contributed by atoms with E-state index in [0.29, 0.717) is 0 Å². The SMILES string of the molecule is CC(C)(C)OC(=O)N1CCN(CCCNCc2ccc[nH]2)CC1. The van der Waals surface area contributed by atoms with Crippen molar-refractivity contribution in [3.8, 4) is 0 Å². The molecule has 1 aliphatic rings. The lowest BCUT2D eigenvalue weighted by Gasteiger charge is -2.35. The van der Waals surface area contributed by atoms with Gasteiger partial charge >= 0.3 is 6.09 Å². The molecule has 0 aromatic carbocycles. The van der Waals surface area contributed by atoms with Crippen LogP contribution < -0.4 is 5.32 Å². The van der Waals surface area contributed by atoms with Crippen LogP contribution in [-0.2, 0) is 11.3 Å². The molecule has 1 fully saturated rings.